The topological polar surface area (TPSA) is 109 Å². The molecule has 0 spiro atoms. The Hall–Kier alpha value is -2.15. The molecule has 7 nitrogen and oxygen atoms in total. The van der Waals surface area contributed by atoms with E-state index in [2.05, 4.69) is 21.0 Å². The predicted octanol–water partition coefficient (Wildman–Crippen LogP) is 0.156. The van der Waals surface area contributed by atoms with Gasteiger partial charge in [-0.05, 0) is 31.4 Å². The van der Waals surface area contributed by atoms with Crippen LogP contribution in [0.15, 0.2) is 18.3 Å². The zero-order valence-electron chi connectivity index (χ0n) is 11.2. The Bertz CT molecular complexity index is 470. The maximum atomic E-state index is 11.8. The summed E-state index contributed by atoms with van der Waals surface area (Å²) in [6.45, 7) is 0.466. The molecule has 1 fully saturated rings. The van der Waals surface area contributed by atoms with Crippen LogP contribution in [0.25, 0.3) is 0 Å². The zero-order valence-corrected chi connectivity index (χ0v) is 11.2. The lowest BCUT2D eigenvalue weighted by Crippen LogP contribution is -2.28. The highest BCUT2D eigenvalue weighted by atomic mass is 16.2. The number of nitrogens with two attached hydrogens (primary N) is 1. The maximum Gasteiger partial charge on any atom is 0.252 e. The van der Waals surface area contributed by atoms with Gasteiger partial charge in [0.1, 0.15) is 5.82 Å². The van der Waals surface area contributed by atoms with E-state index in [1.165, 1.54) is 6.20 Å². The molecular formula is C13H19N5O2. The average molecular weight is 277 g/mol. The van der Waals surface area contributed by atoms with Crippen molar-refractivity contribution in [3.05, 3.63) is 23.9 Å². The second-order valence-corrected chi connectivity index (χ2v) is 4.78. The number of rotatable bonds is 7. The highest BCUT2D eigenvalue weighted by Gasteiger charge is 2.22. The van der Waals surface area contributed by atoms with E-state index in [1.54, 1.807) is 12.1 Å². The third kappa shape index (κ3) is 4.51. The number of carbonyl (C=O) groups excluding carboxylic acids is 2. The van der Waals surface area contributed by atoms with Crippen LogP contribution in [0.5, 0.6) is 0 Å². The number of hydrazine groups is 1. The van der Waals surface area contributed by atoms with E-state index in [1.807, 2.05) is 0 Å². The monoisotopic (exact) mass is 277 g/mol. The van der Waals surface area contributed by atoms with E-state index < -0.39 is 0 Å². The Kier molecular flexibility index (Phi) is 4.89. The Morgan fingerprint density at radius 2 is 2.15 bits per heavy atom. The van der Waals surface area contributed by atoms with E-state index in [0.29, 0.717) is 36.8 Å². The van der Waals surface area contributed by atoms with Gasteiger partial charge in [0.25, 0.3) is 5.91 Å². The van der Waals surface area contributed by atoms with E-state index in [9.17, 15) is 9.59 Å². The summed E-state index contributed by atoms with van der Waals surface area (Å²) in [6, 6.07) is 3.65. The molecule has 1 saturated carbocycles. The van der Waals surface area contributed by atoms with Gasteiger partial charge < -0.3 is 16.1 Å². The fourth-order valence-corrected chi connectivity index (χ4v) is 1.69. The molecular weight excluding hydrogens is 258 g/mol. The quantitative estimate of drug-likeness (QED) is 0.322. The van der Waals surface area contributed by atoms with Crippen molar-refractivity contribution >= 4 is 17.6 Å². The first-order valence-corrected chi connectivity index (χ1v) is 6.69. The Morgan fingerprint density at radius 3 is 2.75 bits per heavy atom. The van der Waals surface area contributed by atoms with E-state index >= 15 is 0 Å². The van der Waals surface area contributed by atoms with Crippen molar-refractivity contribution in [2.45, 2.75) is 31.7 Å². The van der Waals surface area contributed by atoms with Crippen molar-refractivity contribution in [2.24, 2.45) is 5.84 Å². The third-order valence-electron chi connectivity index (χ3n) is 2.98. The van der Waals surface area contributed by atoms with Gasteiger partial charge in [-0.15, -0.1) is 0 Å². The van der Waals surface area contributed by atoms with Crippen LogP contribution in [0.3, 0.4) is 0 Å². The summed E-state index contributed by atoms with van der Waals surface area (Å²) in [6.07, 6.45) is 4.68. The molecule has 5 N–H and O–H groups in total. The third-order valence-corrected chi connectivity index (χ3v) is 2.98. The van der Waals surface area contributed by atoms with Gasteiger partial charge in [0.2, 0.25) is 5.91 Å². The van der Waals surface area contributed by atoms with Gasteiger partial charge in [-0.3, -0.25) is 9.59 Å². The Balaban J connectivity index is 1.64. The van der Waals surface area contributed by atoms with Crippen molar-refractivity contribution in [2.75, 3.05) is 12.0 Å². The normalized spacial score (nSPS) is 13.7. The number of pyridine rings is 1. The molecule has 2 amide bonds. The Morgan fingerprint density at radius 1 is 1.35 bits per heavy atom. The molecule has 20 heavy (non-hydrogen) atoms. The largest absolute Gasteiger partial charge is 0.353 e. The first kappa shape index (κ1) is 14.3. The molecule has 0 radical (unpaired) electrons. The lowest BCUT2D eigenvalue weighted by Gasteiger charge is -2.06. The van der Waals surface area contributed by atoms with Crippen molar-refractivity contribution in [3.8, 4) is 0 Å². The predicted molar refractivity (Wildman–Crippen MR) is 74.8 cm³/mol. The van der Waals surface area contributed by atoms with Gasteiger partial charge in [0, 0.05) is 25.2 Å². The molecule has 0 aliphatic heterocycles. The van der Waals surface area contributed by atoms with Crippen molar-refractivity contribution < 1.29 is 9.59 Å². The van der Waals surface area contributed by atoms with Gasteiger partial charge in [0.15, 0.2) is 0 Å². The van der Waals surface area contributed by atoms with Crippen LogP contribution in [0.4, 0.5) is 5.82 Å². The minimum atomic E-state index is -0.205. The van der Waals surface area contributed by atoms with Crippen LogP contribution in [-0.2, 0) is 4.79 Å². The molecule has 1 aliphatic carbocycles. The number of hydrogen-bond acceptors (Lipinski definition) is 5. The van der Waals surface area contributed by atoms with Crippen molar-refractivity contribution in [1.82, 2.24) is 15.6 Å². The summed E-state index contributed by atoms with van der Waals surface area (Å²) in [5, 5.41) is 5.66. The zero-order chi connectivity index (χ0) is 14.4. The highest BCUT2D eigenvalue weighted by molar-refractivity contribution is 5.94. The highest BCUT2D eigenvalue weighted by Crippen LogP contribution is 2.18. The van der Waals surface area contributed by atoms with Crippen molar-refractivity contribution in [1.29, 1.82) is 0 Å². The van der Waals surface area contributed by atoms with Crippen LogP contribution in [0.1, 0.15) is 36.0 Å². The molecule has 0 atom stereocenters. The summed E-state index contributed by atoms with van der Waals surface area (Å²) in [5.41, 5.74) is 2.86. The second-order valence-electron chi connectivity index (χ2n) is 4.78. The van der Waals surface area contributed by atoms with Crippen LogP contribution in [0, 0.1) is 0 Å². The fourth-order valence-electron chi connectivity index (χ4n) is 1.69. The number of hydrogen-bond donors (Lipinski definition) is 4. The molecule has 7 heteroatoms. The average Bonchev–Trinajstić information content (AvgIpc) is 3.27. The standard InChI is InChI=1S/C13H19N5O2/c14-18-11-6-3-9(8-16-11)13(20)15-7-1-2-12(19)17-10-4-5-10/h3,6,8,10H,1-2,4-5,7,14H2,(H,15,20)(H,16,18)(H,17,19). The smallest absolute Gasteiger partial charge is 0.252 e. The summed E-state index contributed by atoms with van der Waals surface area (Å²) in [4.78, 5) is 27.2. The van der Waals surface area contributed by atoms with Crippen molar-refractivity contribution in [3.63, 3.8) is 0 Å². The molecule has 108 valence electrons. The molecule has 0 saturated heterocycles. The summed E-state index contributed by atoms with van der Waals surface area (Å²) >= 11 is 0. The van der Waals surface area contributed by atoms with Gasteiger partial charge in [-0.1, -0.05) is 0 Å². The number of nitrogen functional groups attached to an aromatic ring is 1. The maximum absolute atomic E-state index is 11.8. The second kappa shape index (κ2) is 6.85. The Labute approximate surface area is 117 Å². The van der Waals surface area contributed by atoms with E-state index in [4.69, 9.17) is 5.84 Å². The number of carbonyl (C=O) groups is 2. The summed E-state index contributed by atoms with van der Waals surface area (Å²) in [7, 11) is 0. The van der Waals surface area contributed by atoms with Crippen LogP contribution < -0.4 is 21.9 Å². The number of anilines is 1. The van der Waals surface area contributed by atoms with Gasteiger partial charge >= 0.3 is 0 Å². The molecule has 0 unspecified atom stereocenters. The van der Waals surface area contributed by atoms with E-state index in [0.717, 1.165) is 12.8 Å². The van der Waals surface area contributed by atoms with E-state index in [-0.39, 0.29) is 11.8 Å². The van der Waals surface area contributed by atoms with Gasteiger partial charge in [-0.2, -0.15) is 0 Å². The van der Waals surface area contributed by atoms with Gasteiger partial charge in [-0.25, -0.2) is 10.8 Å². The molecule has 1 heterocycles. The fraction of sp³-hybridized carbons (Fsp3) is 0.462. The first-order valence-electron chi connectivity index (χ1n) is 6.69. The minimum absolute atomic E-state index is 0.0572. The molecule has 1 aromatic heterocycles. The number of nitrogens with zero attached hydrogens (tertiary/aromatic N) is 1. The summed E-state index contributed by atoms with van der Waals surface area (Å²) < 4.78 is 0. The number of nitrogens with one attached hydrogen (secondary N) is 3. The number of aromatic nitrogens is 1. The minimum Gasteiger partial charge on any atom is -0.353 e. The molecule has 2 rings (SSSR count). The van der Waals surface area contributed by atoms with Gasteiger partial charge in [0.05, 0.1) is 5.56 Å². The van der Waals surface area contributed by atoms with Crippen LogP contribution in [0.2, 0.25) is 0 Å². The molecule has 0 bridgehead atoms. The summed E-state index contributed by atoms with van der Waals surface area (Å²) in [5.74, 6) is 5.54. The van der Waals surface area contributed by atoms with Crippen LogP contribution >= 0.6 is 0 Å². The van der Waals surface area contributed by atoms with Crippen LogP contribution in [-0.4, -0.2) is 29.4 Å². The molecule has 1 aromatic rings. The lowest BCUT2D eigenvalue weighted by molar-refractivity contribution is -0.121. The first-order chi connectivity index (χ1) is 9.69. The SMILES string of the molecule is NNc1ccc(C(=O)NCCCC(=O)NC2CC2)cn1. The molecule has 0 aromatic carbocycles. The molecule has 1 aliphatic rings. The number of amides is 2. The lowest BCUT2D eigenvalue weighted by atomic mass is 10.2.